The molecule has 1 aliphatic carbocycles. The van der Waals surface area contributed by atoms with Crippen LogP contribution in [0.25, 0.3) is 17.4 Å². The first-order valence-electron chi connectivity index (χ1n) is 11.9. The number of allylic oxidation sites excluding steroid dienone is 3. The number of aryl methyl sites for hydroxylation is 1. The fraction of sp³-hybridized carbons (Fsp3) is 0.300. The van der Waals surface area contributed by atoms with E-state index in [0.29, 0.717) is 17.6 Å². The minimum absolute atomic E-state index is 0.242. The zero-order chi connectivity index (χ0) is 25.8. The molecule has 35 heavy (non-hydrogen) atoms. The van der Waals surface area contributed by atoms with Crippen molar-refractivity contribution in [3.63, 3.8) is 0 Å². The average Bonchev–Trinajstić information content (AvgIpc) is 2.86. The van der Waals surface area contributed by atoms with Gasteiger partial charge in [0.25, 0.3) is 5.91 Å². The van der Waals surface area contributed by atoms with E-state index >= 15 is 0 Å². The lowest BCUT2D eigenvalue weighted by molar-refractivity contribution is -0.117. The van der Waals surface area contributed by atoms with Crippen LogP contribution in [-0.4, -0.2) is 30.3 Å². The van der Waals surface area contributed by atoms with Gasteiger partial charge in [0.05, 0.1) is 19.3 Å². The Morgan fingerprint density at radius 2 is 1.83 bits per heavy atom. The molecular weight excluding hydrogens is 441 g/mol. The van der Waals surface area contributed by atoms with Gasteiger partial charge in [0.2, 0.25) is 0 Å². The lowest BCUT2D eigenvalue weighted by Crippen LogP contribution is -2.45. The topological polar surface area (TPSA) is 58.6 Å². The Balaban J connectivity index is 0.000000269. The molecule has 0 aliphatic heterocycles. The summed E-state index contributed by atoms with van der Waals surface area (Å²) in [6.07, 6.45) is 9.91. The number of hydrogen-bond donors (Lipinski definition) is 2. The van der Waals surface area contributed by atoms with Gasteiger partial charge >= 0.3 is 0 Å². The van der Waals surface area contributed by atoms with Crippen molar-refractivity contribution in [3.8, 4) is 0 Å². The third kappa shape index (κ3) is 7.79. The fourth-order valence-electron chi connectivity index (χ4n) is 4.06. The number of methoxy groups -OCH3 is 1. The standard InChI is InChI=1S/C17H22FNO2.C13H14O/c1-3-12(16-11(2)7-6-8-13(16)18)17(21)19-14-9-4-5-10-15(14)20;1-4-6-13(14-3)12-9-7-11(5-2)8-10-12/h3,6-8,14-15,20H,4-5,9-10H2,1-2H3,(H,19,21);4-10H,1-2H2,3H3/b12-3+;13-6-/t14?,15-;/m0./s1. The lowest BCUT2D eigenvalue weighted by atomic mass is 9.91. The van der Waals surface area contributed by atoms with Crippen molar-refractivity contribution in [2.75, 3.05) is 7.11 Å². The van der Waals surface area contributed by atoms with Gasteiger partial charge in [-0.05, 0) is 50.0 Å². The molecule has 1 unspecified atom stereocenters. The molecule has 1 saturated carbocycles. The number of carbonyl (C=O) groups excluding carboxylic acids is 1. The highest BCUT2D eigenvalue weighted by Crippen LogP contribution is 2.24. The normalized spacial score (nSPS) is 18.1. The molecule has 1 amide bonds. The average molecular weight is 478 g/mol. The number of benzene rings is 2. The Kier molecular flexibility index (Phi) is 11.2. The number of halogens is 1. The van der Waals surface area contributed by atoms with Gasteiger partial charge in [-0.3, -0.25) is 4.79 Å². The fourth-order valence-corrected chi connectivity index (χ4v) is 4.06. The van der Waals surface area contributed by atoms with Crippen molar-refractivity contribution >= 4 is 23.3 Å². The summed E-state index contributed by atoms with van der Waals surface area (Å²) in [6, 6.07) is 12.5. The highest BCUT2D eigenvalue weighted by Gasteiger charge is 2.26. The van der Waals surface area contributed by atoms with E-state index in [1.54, 1.807) is 45.2 Å². The zero-order valence-electron chi connectivity index (χ0n) is 20.9. The largest absolute Gasteiger partial charge is 0.496 e. The van der Waals surface area contributed by atoms with Gasteiger partial charge in [0.1, 0.15) is 11.6 Å². The molecule has 0 heterocycles. The van der Waals surface area contributed by atoms with Crippen molar-refractivity contribution in [1.82, 2.24) is 5.32 Å². The summed E-state index contributed by atoms with van der Waals surface area (Å²) < 4.78 is 19.2. The summed E-state index contributed by atoms with van der Waals surface area (Å²) >= 11 is 0. The van der Waals surface area contributed by atoms with Crippen LogP contribution in [0.15, 0.2) is 73.9 Å². The van der Waals surface area contributed by atoms with Gasteiger partial charge in [-0.1, -0.05) is 80.6 Å². The molecule has 0 radical (unpaired) electrons. The predicted molar refractivity (Wildman–Crippen MR) is 143 cm³/mol. The second-order valence-corrected chi connectivity index (χ2v) is 8.36. The van der Waals surface area contributed by atoms with Gasteiger partial charge in [0, 0.05) is 16.7 Å². The first-order valence-corrected chi connectivity index (χ1v) is 11.9. The van der Waals surface area contributed by atoms with Crippen LogP contribution in [-0.2, 0) is 9.53 Å². The highest BCUT2D eigenvalue weighted by atomic mass is 19.1. The Morgan fingerprint density at radius 3 is 2.37 bits per heavy atom. The van der Waals surface area contributed by atoms with E-state index in [0.717, 1.165) is 41.7 Å². The molecular formula is C30H36FNO3. The van der Waals surface area contributed by atoms with E-state index in [-0.39, 0.29) is 11.9 Å². The van der Waals surface area contributed by atoms with Crippen LogP contribution in [0.2, 0.25) is 0 Å². The Bertz CT molecular complexity index is 1050. The van der Waals surface area contributed by atoms with Crippen LogP contribution in [0.3, 0.4) is 0 Å². The van der Waals surface area contributed by atoms with E-state index in [2.05, 4.69) is 18.5 Å². The molecule has 0 bridgehead atoms. The molecule has 2 atom stereocenters. The van der Waals surface area contributed by atoms with E-state index in [1.807, 2.05) is 36.4 Å². The summed E-state index contributed by atoms with van der Waals surface area (Å²) in [5.41, 5.74) is 3.52. The van der Waals surface area contributed by atoms with Crippen molar-refractivity contribution in [3.05, 3.63) is 102 Å². The van der Waals surface area contributed by atoms with Gasteiger partial charge in [-0.15, -0.1) is 0 Å². The molecule has 2 aromatic rings. The summed E-state index contributed by atoms with van der Waals surface area (Å²) in [7, 11) is 1.65. The number of rotatable bonds is 7. The summed E-state index contributed by atoms with van der Waals surface area (Å²) in [4.78, 5) is 12.4. The monoisotopic (exact) mass is 477 g/mol. The third-order valence-corrected chi connectivity index (χ3v) is 5.99. The smallest absolute Gasteiger partial charge is 0.251 e. The molecule has 186 valence electrons. The van der Waals surface area contributed by atoms with E-state index < -0.39 is 11.9 Å². The Hall–Kier alpha value is -3.44. The molecule has 0 spiro atoms. The van der Waals surface area contributed by atoms with Crippen molar-refractivity contribution < 1.29 is 19.0 Å². The molecule has 5 heteroatoms. The van der Waals surface area contributed by atoms with Crippen LogP contribution >= 0.6 is 0 Å². The molecule has 2 N–H and O–H groups in total. The maximum Gasteiger partial charge on any atom is 0.251 e. The molecule has 2 aromatic carbocycles. The van der Waals surface area contributed by atoms with Gasteiger partial charge in [-0.25, -0.2) is 4.39 Å². The maximum atomic E-state index is 14.0. The zero-order valence-corrected chi connectivity index (χ0v) is 20.9. The SMILES string of the molecule is C/C=C(/C(=O)NC1CCCC[C@@H]1O)c1c(C)cccc1F.C=C/C=C(\OC)c1ccc(C=C)cc1. The molecule has 1 aliphatic rings. The number of nitrogens with one attached hydrogen (secondary N) is 1. The first-order chi connectivity index (χ1) is 16.9. The molecule has 1 fully saturated rings. The minimum Gasteiger partial charge on any atom is -0.496 e. The predicted octanol–water partition coefficient (Wildman–Crippen LogP) is 6.46. The van der Waals surface area contributed by atoms with Crippen LogP contribution in [0.4, 0.5) is 4.39 Å². The molecule has 0 aromatic heterocycles. The van der Waals surface area contributed by atoms with Crippen molar-refractivity contribution in [1.29, 1.82) is 0 Å². The number of amides is 1. The lowest BCUT2D eigenvalue weighted by Gasteiger charge is -2.28. The molecule has 4 nitrogen and oxygen atoms in total. The number of aliphatic hydroxyl groups excluding tert-OH is 1. The number of ether oxygens (including phenoxy) is 1. The van der Waals surface area contributed by atoms with E-state index in [1.165, 1.54) is 6.07 Å². The van der Waals surface area contributed by atoms with E-state index in [4.69, 9.17) is 4.74 Å². The van der Waals surface area contributed by atoms with Crippen molar-refractivity contribution in [2.45, 2.75) is 51.7 Å². The second kappa shape index (κ2) is 14.1. The van der Waals surface area contributed by atoms with Crippen LogP contribution in [0, 0.1) is 12.7 Å². The van der Waals surface area contributed by atoms with Gasteiger partial charge in [-0.2, -0.15) is 0 Å². The summed E-state index contributed by atoms with van der Waals surface area (Å²) in [5, 5.41) is 12.8. The van der Waals surface area contributed by atoms with Crippen LogP contribution in [0.1, 0.15) is 54.9 Å². The first kappa shape index (κ1) is 27.8. The third-order valence-electron chi connectivity index (χ3n) is 5.99. The highest BCUT2D eigenvalue weighted by molar-refractivity contribution is 6.20. The number of carbonyl (C=O) groups is 1. The molecule has 0 saturated heterocycles. The van der Waals surface area contributed by atoms with Crippen LogP contribution < -0.4 is 5.32 Å². The van der Waals surface area contributed by atoms with Gasteiger partial charge in [0.15, 0.2) is 0 Å². The van der Waals surface area contributed by atoms with E-state index in [9.17, 15) is 14.3 Å². The summed E-state index contributed by atoms with van der Waals surface area (Å²) in [6.45, 7) is 10.8. The van der Waals surface area contributed by atoms with Gasteiger partial charge < -0.3 is 15.2 Å². The minimum atomic E-state index is -0.512. The van der Waals surface area contributed by atoms with Crippen LogP contribution in [0.5, 0.6) is 0 Å². The quantitative estimate of drug-likeness (QED) is 0.273. The number of aliphatic hydroxyl groups is 1. The number of hydrogen-bond acceptors (Lipinski definition) is 3. The molecule has 3 rings (SSSR count). The second-order valence-electron chi connectivity index (χ2n) is 8.36. The van der Waals surface area contributed by atoms with Crippen molar-refractivity contribution in [2.24, 2.45) is 0 Å². The maximum absolute atomic E-state index is 14.0. The Morgan fingerprint density at radius 1 is 1.14 bits per heavy atom. The Labute approximate surface area is 208 Å². The summed E-state index contributed by atoms with van der Waals surface area (Å²) in [5.74, 6) is 0.0923.